The summed E-state index contributed by atoms with van der Waals surface area (Å²) in [6.45, 7) is 10.7. The third-order valence-corrected chi connectivity index (χ3v) is 6.90. The topological polar surface area (TPSA) is 78.0 Å². The Labute approximate surface area is 158 Å². The molecule has 2 aromatic heterocycles. The maximum atomic E-state index is 13.3. The Morgan fingerprint density at radius 1 is 1.38 bits per heavy atom. The first kappa shape index (κ1) is 19.1. The zero-order valence-electron chi connectivity index (χ0n) is 16.4. The van der Waals surface area contributed by atoms with E-state index in [9.17, 15) is 9.59 Å². The maximum Gasteiger partial charge on any atom is 0.263 e. The number of nitrogens with two attached hydrogens (primary N) is 1. The predicted octanol–water partition coefficient (Wildman–Crippen LogP) is 3.61. The van der Waals surface area contributed by atoms with E-state index in [1.807, 2.05) is 13.8 Å². The summed E-state index contributed by atoms with van der Waals surface area (Å²) in [4.78, 5) is 32.1. The number of hydrogen-bond acceptors (Lipinski definition) is 4. The van der Waals surface area contributed by atoms with Crippen molar-refractivity contribution in [2.24, 2.45) is 17.1 Å². The van der Waals surface area contributed by atoms with Crippen molar-refractivity contribution in [3.05, 3.63) is 26.6 Å². The standard InChI is InChI=1S/C20H29N3O2S/c1-6-13(17(21)24)23-15(7-2)22-18-16(19(23)25)12-9-8-11(20(3,4)5)10-14(12)26-18/h11,13H,6-10H2,1-5H3,(H2,21,24). The maximum absolute atomic E-state index is 13.3. The van der Waals surface area contributed by atoms with E-state index in [0.717, 1.165) is 29.7 Å². The van der Waals surface area contributed by atoms with Gasteiger partial charge in [-0.1, -0.05) is 34.6 Å². The molecule has 0 bridgehead atoms. The van der Waals surface area contributed by atoms with Crippen molar-refractivity contribution in [3.63, 3.8) is 0 Å². The van der Waals surface area contributed by atoms with Crippen LogP contribution in [0.2, 0.25) is 0 Å². The number of nitrogens with zero attached hydrogens (tertiary/aromatic N) is 2. The molecule has 0 saturated carbocycles. The number of carbonyl (C=O) groups excluding carboxylic acids is 1. The van der Waals surface area contributed by atoms with Crippen LogP contribution in [-0.4, -0.2) is 15.5 Å². The van der Waals surface area contributed by atoms with Gasteiger partial charge < -0.3 is 5.73 Å². The van der Waals surface area contributed by atoms with Crippen LogP contribution in [0.25, 0.3) is 10.2 Å². The molecule has 3 rings (SSSR count). The van der Waals surface area contributed by atoms with E-state index in [1.54, 1.807) is 15.9 Å². The molecular formula is C20H29N3O2S. The van der Waals surface area contributed by atoms with Crippen molar-refractivity contribution in [3.8, 4) is 0 Å². The van der Waals surface area contributed by atoms with E-state index in [1.165, 1.54) is 4.88 Å². The Morgan fingerprint density at radius 3 is 2.62 bits per heavy atom. The minimum absolute atomic E-state index is 0.0933. The highest BCUT2D eigenvalue weighted by atomic mass is 32.1. The fourth-order valence-electron chi connectivity index (χ4n) is 4.10. The van der Waals surface area contributed by atoms with Gasteiger partial charge in [0.2, 0.25) is 5.91 Å². The zero-order chi connectivity index (χ0) is 19.2. The van der Waals surface area contributed by atoms with Gasteiger partial charge in [0.25, 0.3) is 5.56 Å². The third-order valence-electron chi connectivity index (χ3n) is 5.76. The first-order valence-corrected chi connectivity index (χ1v) is 10.4. The van der Waals surface area contributed by atoms with Crippen LogP contribution in [0.4, 0.5) is 0 Å². The molecule has 2 N–H and O–H groups in total. The van der Waals surface area contributed by atoms with Crippen LogP contribution in [-0.2, 0) is 24.1 Å². The van der Waals surface area contributed by atoms with E-state index in [0.29, 0.717) is 30.0 Å². The van der Waals surface area contributed by atoms with E-state index in [2.05, 4.69) is 20.8 Å². The first-order chi connectivity index (χ1) is 12.2. The predicted molar refractivity (Wildman–Crippen MR) is 107 cm³/mol. The number of primary amides is 1. The molecule has 2 aromatic rings. The molecule has 1 aliphatic rings. The molecule has 0 spiro atoms. The highest BCUT2D eigenvalue weighted by Gasteiger charge is 2.32. The molecule has 5 nitrogen and oxygen atoms in total. The molecule has 2 heterocycles. The lowest BCUT2D eigenvalue weighted by molar-refractivity contribution is -0.121. The van der Waals surface area contributed by atoms with Gasteiger partial charge in [0, 0.05) is 11.3 Å². The average molecular weight is 376 g/mol. The Kier molecular flexibility index (Phi) is 4.99. The van der Waals surface area contributed by atoms with Crippen molar-refractivity contribution in [2.45, 2.75) is 72.8 Å². The van der Waals surface area contributed by atoms with Crippen LogP contribution >= 0.6 is 11.3 Å². The van der Waals surface area contributed by atoms with Crippen LogP contribution in [0.1, 0.15) is 69.8 Å². The highest BCUT2D eigenvalue weighted by molar-refractivity contribution is 7.18. The number of aromatic nitrogens is 2. The second-order valence-electron chi connectivity index (χ2n) is 8.37. The lowest BCUT2D eigenvalue weighted by atomic mass is 9.72. The third kappa shape index (κ3) is 3.08. The molecular weight excluding hydrogens is 346 g/mol. The smallest absolute Gasteiger partial charge is 0.263 e. The molecule has 0 radical (unpaired) electrons. The zero-order valence-corrected chi connectivity index (χ0v) is 17.2. The molecule has 0 aromatic carbocycles. The monoisotopic (exact) mass is 375 g/mol. The summed E-state index contributed by atoms with van der Waals surface area (Å²) in [7, 11) is 0. The molecule has 2 unspecified atom stereocenters. The normalized spacial score (nSPS) is 18.7. The summed E-state index contributed by atoms with van der Waals surface area (Å²) < 4.78 is 1.55. The molecule has 2 atom stereocenters. The lowest BCUT2D eigenvalue weighted by Crippen LogP contribution is -2.36. The van der Waals surface area contributed by atoms with Gasteiger partial charge >= 0.3 is 0 Å². The molecule has 0 aliphatic heterocycles. The summed E-state index contributed by atoms with van der Waals surface area (Å²) in [5, 5.41) is 0.717. The summed E-state index contributed by atoms with van der Waals surface area (Å²) in [6, 6.07) is -0.629. The van der Waals surface area contributed by atoms with Crippen LogP contribution in [0.3, 0.4) is 0 Å². The van der Waals surface area contributed by atoms with E-state index in [-0.39, 0.29) is 11.0 Å². The first-order valence-electron chi connectivity index (χ1n) is 9.53. The van der Waals surface area contributed by atoms with Crippen LogP contribution < -0.4 is 11.3 Å². The van der Waals surface area contributed by atoms with E-state index < -0.39 is 11.9 Å². The number of hydrogen-bond donors (Lipinski definition) is 1. The van der Waals surface area contributed by atoms with Gasteiger partial charge in [-0.25, -0.2) is 4.98 Å². The number of aryl methyl sites for hydroxylation is 2. The fraction of sp³-hybridized carbons (Fsp3) is 0.650. The van der Waals surface area contributed by atoms with Crippen molar-refractivity contribution in [1.29, 1.82) is 0 Å². The second kappa shape index (κ2) is 6.80. The van der Waals surface area contributed by atoms with Gasteiger partial charge in [0.15, 0.2) is 0 Å². The average Bonchev–Trinajstić information content (AvgIpc) is 2.93. The number of rotatable bonds is 4. The number of thiophene rings is 1. The Balaban J connectivity index is 2.21. The minimum Gasteiger partial charge on any atom is -0.368 e. The Hall–Kier alpha value is -1.69. The van der Waals surface area contributed by atoms with Gasteiger partial charge in [-0.15, -0.1) is 11.3 Å². The molecule has 1 amide bonds. The molecule has 0 fully saturated rings. The molecule has 142 valence electrons. The minimum atomic E-state index is -0.629. The lowest BCUT2D eigenvalue weighted by Gasteiger charge is -2.33. The van der Waals surface area contributed by atoms with Gasteiger partial charge in [-0.3, -0.25) is 14.2 Å². The SMILES string of the molecule is CCc1nc2sc3c(c2c(=O)n1C(CC)C(N)=O)CCC(C(C)(C)C)C3. The molecule has 26 heavy (non-hydrogen) atoms. The summed E-state index contributed by atoms with van der Waals surface area (Å²) in [5.41, 5.74) is 6.89. The van der Waals surface area contributed by atoms with E-state index >= 15 is 0 Å². The highest BCUT2D eigenvalue weighted by Crippen LogP contribution is 2.42. The van der Waals surface area contributed by atoms with Crippen molar-refractivity contribution >= 4 is 27.5 Å². The van der Waals surface area contributed by atoms with Gasteiger partial charge in [-0.2, -0.15) is 0 Å². The molecule has 6 heteroatoms. The molecule has 1 aliphatic carbocycles. The second-order valence-corrected chi connectivity index (χ2v) is 9.46. The van der Waals surface area contributed by atoms with Gasteiger partial charge in [0.05, 0.1) is 5.39 Å². The summed E-state index contributed by atoms with van der Waals surface area (Å²) in [6.07, 6.45) is 4.10. The number of carbonyl (C=O) groups is 1. The van der Waals surface area contributed by atoms with Crippen molar-refractivity contribution in [2.75, 3.05) is 0 Å². The Morgan fingerprint density at radius 2 is 2.08 bits per heavy atom. The van der Waals surface area contributed by atoms with Crippen LogP contribution in [0.5, 0.6) is 0 Å². The van der Waals surface area contributed by atoms with E-state index in [4.69, 9.17) is 10.7 Å². The summed E-state index contributed by atoms with van der Waals surface area (Å²) >= 11 is 1.66. The number of fused-ring (bicyclic) bond motifs is 3. The largest absolute Gasteiger partial charge is 0.368 e. The van der Waals surface area contributed by atoms with Crippen molar-refractivity contribution in [1.82, 2.24) is 9.55 Å². The fourth-order valence-corrected chi connectivity index (χ4v) is 5.41. The Bertz CT molecular complexity index is 904. The van der Waals surface area contributed by atoms with Gasteiger partial charge in [-0.05, 0) is 42.6 Å². The summed E-state index contributed by atoms with van der Waals surface area (Å²) in [5.74, 6) is 0.798. The molecule has 0 saturated heterocycles. The quantitative estimate of drug-likeness (QED) is 0.887. The van der Waals surface area contributed by atoms with Gasteiger partial charge in [0.1, 0.15) is 16.7 Å². The van der Waals surface area contributed by atoms with Crippen LogP contribution in [0, 0.1) is 11.3 Å². The van der Waals surface area contributed by atoms with Crippen molar-refractivity contribution < 1.29 is 4.79 Å². The number of amides is 1. The van der Waals surface area contributed by atoms with Crippen LogP contribution in [0.15, 0.2) is 4.79 Å².